The number of hydrogen-bond donors (Lipinski definition) is 2. The molecule has 6 heteroatoms. The largest absolute Gasteiger partial charge is 0.379 e. The summed E-state index contributed by atoms with van der Waals surface area (Å²) in [5.41, 5.74) is 0. The molecule has 1 rings (SSSR count). The molecule has 1 aliphatic heterocycles. The normalized spacial score (nSPS) is 16.4. The quantitative estimate of drug-likeness (QED) is 0.300. The van der Waals surface area contributed by atoms with Gasteiger partial charge in [-0.15, -0.1) is 0 Å². The van der Waals surface area contributed by atoms with E-state index in [0.717, 1.165) is 77.8 Å². The van der Waals surface area contributed by atoms with Crippen LogP contribution in [0.1, 0.15) is 46.5 Å². The third kappa shape index (κ3) is 11.4. The van der Waals surface area contributed by atoms with Crippen LogP contribution < -0.4 is 10.6 Å². The maximum absolute atomic E-state index is 5.39. The molecule has 0 spiro atoms. The van der Waals surface area contributed by atoms with Crippen molar-refractivity contribution in [3.8, 4) is 0 Å². The third-order valence-corrected chi connectivity index (χ3v) is 4.37. The first-order valence-electron chi connectivity index (χ1n) is 10.3. The standard InChI is InChI=1S/C19H41N5O/c1-4-11-23(12-5-2)13-7-9-21-19(20-6-3)22-10-8-14-24-15-17-25-18-16-24/h4-18H2,1-3H3,(H2,20,21,22). The average molecular weight is 356 g/mol. The fraction of sp³-hybridized carbons (Fsp3) is 0.947. The van der Waals surface area contributed by atoms with E-state index in [4.69, 9.17) is 9.73 Å². The highest BCUT2D eigenvalue weighted by Gasteiger charge is 2.09. The Morgan fingerprint density at radius 1 is 1.00 bits per heavy atom. The van der Waals surface area contributed by atoms with Gasteiger partial charge in [0.2, 0.25) is 0 Å². The molecule has 0 aromatic carbocycles. The minimum atomic E-state index is 0.880. The summed E-state index contributed by atoms with van der Waals surface area (Å²) in [7, 11) is 0. The fourth-order valence-electron chi connectivity index (χ4n) is 3.13. The van der Waals surface area contributed by atoms with Gasteiger partial charge in [0.15, 0.2) is 5.96 Å². The average Bonchev–Trinajstić information content (AvgIpc) is 2.63. The predicted octanol–water partition coefficient (Wildman–Crippen LogP) is 1.78. The lowest BCUT2D eigenvalue weighted by atomic mass is 10.3. The Balaban J connectivity index is 2.18. The highest BCUT2D eigenvalue weighted by Crippen LogP contribution is 1.98. The minimum absolute atomic E-state index is 0.880. The van der Waals surface area contributed by atoms with Crippen LogP contribution in [0.5, 0.6) is 0 Å². The maximum atomic E-state index is 5.39. The molecule has 1 aliphatic rings. The van der Waals surface area contributed by atoms with E-state index in [9.17, 15) is 0 Å². The first kappa shape index (κ1) is 22.2. The van der Waals surface area contributed by atoms with Gasteiger partial charge in [-0.1, -0.05) is 13.8 Å². The van der Waals surface area contributed by atoms with E-state index in [0.29, 0.717) is 0 Å². The Bertz CT molecular complexity index is 326. The molecule has 0 saturated carbocycles. The summed E-state index contributed by atoms with van der Waals surface area (Å²) >= 11 is 0. The second kappa shape index (κ2) is 15.4. The number of nitrogens with one attached hydrogen (secondary N) is 2. The number of hydrogen-bond acceptors (Lipinski definition) is 4. The molecule has 0 atom stereocenters. The van der Waals surface area contributed by atoms with Gasteiger partial charge < -0.3 is 20.3 Å². The minimum Gasteiger partial charge on any atom is -0.379 e. The van der Waals surface area contributed by atoms with E-state index in [1.54, 1.807) is 0 Å². The van der Waals surface area contributed by atoms with Crippen LogP contribution in [-0.4, -0.2) is 87.9 Å². The summed E-state index contributed by atoms with van der Waals surface area (Å²) in [5.74, 6) is 0.960. The summed E-state index contributed by atoms with van der Waals surface area (Å²) in [5, 5.41) is 6.82. The number of rotatable bonds is 13. The van der Waals surface area contributed by atoms with Gasteiger partial charge in [0, 0.05) is 32.7 Å². The second-order valence-corrected chi connectivity index (χ2v) is 6.69. The molecule has 1 heterocycles. The number of morpholine rings is 1. The van der Waals surface area contributed by atoms with Crippen molar-refractivity contribution >= 4 is 5.96 Å². The number of guanidine groups is 1. The van der Waals surface area contributed by atoms with Gasteiger partial charge in [0.25, 0.3) is 0 Å². The monoisotopic (exact) mass is 355 g/mol. The predicted molar refractivity (Wildman–Crippen MR) is 107 cm³/mol. The van der Waals surface area contributed by atoms with Crippen molar-refractivity contribution in [3.63, 3.8) is 0 Å². The lowest BCUT2D eigenvalue weighted by molar-refractivity contribution is 0.0376. The zero-order chi connectivity index (χ0) is 18.2. The Hall–Kier alpha value is -0.850. The van der Waals surface area contributed by atoms with Crippen molar-refractivity contribution in [2.45, 2.75) is 46.5 Å². The molecule has 1 fully saturated rings. The van der Waals surface area contributed by atoms with Crippen molar-refractivity contribution in [1.29, 1.82) is 0 Å². The van der Waals surface area contributed by atoms with Crippen LogP contribution in [0.15, 0.2) is 4.99 Å². The van der Waals surface area contributed by atoms with Crippen molar-refractivity contribution in [2.75, 3.05) is 72.1 Å². The molecule has 0 radical (unpaired) electrons. The molecule has 1 saturated heterocycles. The van der Waals surface area contributed by atoms with Crippen molar-refractivity contribution in [2.24, 2.45) is 4.99 Å². The topological polar surface area (TPSA) is 52.1 Å². The highest BCUT2D eigenvalue weighted by atomic mass is 16.5. The van der Waals surface area contributed by atoms with Crippen LogP contribution in [0.2, 0.25) is 0 Å². The first-order valence-corrected chi connectivity index (χ1v) is 10.3. The van der Waals surface area contributed by atoms with Crippen molar-refractivity contribution in [3.05, 3.63) is 0 Å². The van der Waals surface area contributed by atoms with Gasteiger partial charge in [-0.05, 0) is 58.8 Å². The molecule has 148 valence electrons. The second-order valence-electron chi connectivity index (χ2n) is 6.69. The van der Waals surface area contributed by atoms with E-state index < -0.39 is 0 Å². The van der Waals surface area contributed by atoms with E-state index in [1.165, 1.54) is 25.9 Å². The van der Waals surface area contributed by atoms with Gasteiger partial charge in [0.05, 0.1) is 13.2 Å². The zero-order valence-electron chi connectivity index (χ0n) is 16.9. The summed E-state index contributed by atoms with van der Waals surface area (Å²) in [6.45, 7) is 18.0. The van der Waals surface area contributed by atoms with Gasteiger partial charge in [-0.25, -0.2) is 0 Å². The third-order valence-electron chi connectivity index (χ3n) is 4.37. The summed E-state index contributed by atoms with van der Waals surface area (Å²) in [6, 6.07) is 0. The molecule has 0 amide bonds. The Kier molecular flexibility index (Phi) is 13.7. The molecule has 0 bridgehead atoms. The molecule has 0 aromatic rings. The van der Waals surface area contributed by atoms with Crippen LogP contribution in [0, 0.1) is 0 Å². The molecule has 2 N–H and O–H groups in total. The van der Waals surface area contributed by atoms with Crippen LogP contribution in [-0.2, 0) is 4.74 Å². The smallest absolute Gasteiger partial charge is 0.191 e. The van der Waals surface area contributed by atoms with Crippen LogP contribution >= 0.6 is 0 Å². The van der Waals surface area contributed by atoms with E-state index >= 15 is 0 Å². The van der Waals surface area contributed by atoms with E-state index in [-0.39, 0.29) is 0 Å². The molecular formula is C19H41N5O. The molecule has 25 heavy (non-hydrogen) atoms. The number of aliphatic imine (C=N–C) groups is 1. The highest BCUT2D eigenvalue weighted by molar-refractivity contribution is 5.79. The summed E-state index contributed by atoms with van der Waals surface area (Å²) in [4.78, 5) is 9.76. The van der Waals surface area contributed by atoms with E-state index in [2.05, 4.69) is 41.2 Å². The van der Waals surface area contributed by atoms with Crippen molar-refractivity contribution in [1.82, 2.24) is 20.4 Å². The van der Waals surface area contributed by atoms with Crippen LogP contribution in [0.3, 0.4) is 0 Å². The molecule has 0 unspecified atom stereocenters. The Labute approximate surface area is 155 Å². The molecule has 0 aromatic heterocycles. The van der Waals surface area contributed by atoms with Gasteiger partial charge in [-0.3, -0.25) is 9.89 Å². The van der Waals surface area contributed by atoms with E-state index in [1.807, 2.05) is 0 Å². The fourth-order valence-corrected chi connectivity index (χ4v) is 3.13. The van der Waals surface area contributed by atoms with Gasteiger partial charge in [0.1, 0.15) is 0 Å². The maximum Gasteiger partial charge on any atom is 0.191 e. The van der Waals surface area contributed by atoms with Gasteiger partial charge >= 0.3 is 0 Å². The number of nitrogens with zero attached hydrogens (tertiary/aromatic N) is 3. The number of ether oxygens (including phenoxy) is 1. The first-order chi connectivity index (χ1) is 12.3. The molecule has 0 aliphatic carbocycles. The van der Waals surface area contributed by atoms with Crippen molar-refractivity contribution < 1.29 is 4.74 Å². The Morgan fingerprint density at radius 3 is 2.36 bits per heavy atom. The molecular weight excluding hydrogens is 314 g/mol. The lowest BCUT2D eigenvalue weighted by Crippen LogP contribution is -2.40. The van der Waals surface area contributed by atoms with Crippen LogP contribution in [0.4, 0.5) is 0 Å². The Morgan fingerprint density at radius 2 is 1.72 bits per heavy atom. The summed E-state index contributed by atoms with van der Waals surface area (Å²) in [6.07, 6.45) is 4.74. The SMILES string of the molecule is CCCN(CCC)CCCN=C(NCC)NCCCN1CCOCC1. The van der Waals surface area contributed by atoms with Gasteiger partial charge in [-0.2, -0.15) is 0 Å². The lowest BCUT2D eigenvalue weighted by Gasteiger charge is -2.26. The zero-order valence-corrected chi connectivity index (χ0v) is 16.9. The molecule has 6 nitrogen and oxygen atoms in total. The van der Waals surface area contributed by atoms with Crippen LogP contribution in [0.25, 0.3) is 0 Å². The summed E-state index contributed by atoms with van der Waals surface area (Å²) < 4.78 is 5.39.